The van der Waals surface area contributed by atoms with Crippen molar-refractivity contribution >= 4 is 5.91 Å². The number of rotatable bonds is 4. The lowest BCUT2D eigenvalue weighted by Crippen LogP contribution is -2.30. The molecule has 0 bridgehead atoms. The summed E-state index contributed by atoms with van der Waals surface area (Å²) in [6.07, 6.45) is 0. The van der Waals surface area contributed by atoms with E-state index >= 15 is 0 Å². The molecule has 1 unspecified atom stereocenters. The van der Waals surface area contributed by atoms with Crippen LogP contribution in [-0.4, -0.2) is 24.2 Å². The highest BCUT2D eigenvalue weighted by molar-refractivity contribution is 5.94. The number of carbonyl (C=O) groups excluding carboxylic acids is 1. The van der Waals surface area contributed by atoms with Crippen molar-refractivity contribution in [3.63, 3.8) is 0 Å². The molecule has 100 valence electrons. The van der Waals surface area contributed by atoms with Crippen molar-refractivity contribution in [2.75, 3.05) is 13.2 Å². The van der Waals surface area contributed by atoms with Gasteiger partial charge in [0.25, 0.3) is 5.91 Å². The Morgan fingerprint density at radius 2 is 1.89 bits per heavy atom. The van der Waals surface area contributed by atoms with Crippen LogP contribution in [0, 0.1) is 29.2 Å². The Kier molecular flexibility index (Phi) is 4.66. The summed E-state index contributed by atoms with van der Waals surface area (Å²) in [6.45, 7) is 1.38. The third-order valence-electron chi connectivity index (χ3n) is 2.27. The number of benzene rings is 1. The van der Waals surface area contributed by atoms with Crippen molar-refractivity contribution in [1.82, 2.24) is 5.32 Å². The Hall–Kier alpha value is -1.63. The van der Waals surface area contributed by atoms with Crippen molar-refractivity contribution in [3.8, 4) is 0 Å². The predicted octanol–water partition coefficient (Wildman–Crippen LogP) is 1.60. The first-order valence-electron chi connectivity index (χ1n) is 5.10. The number of halogens is 4. The van der Waals surface area contributed by atoms with Crippen LogP contribution < -0.4 is 5.32 Å². The van der Waals surface area contributed by atoms with E-state index in [4.69, 9.17) is 5.11 Å². The minimum absolute atomic E-state index is 0.00458. The van der Waals surface area contributed by atoms with Crippen LogP contribution in [0.4, 0.5) is 17.6 Å². The molecule has 0 saturated carbocycles. The zero-order valence-electron chi connectivity index (χ0n) is 9.44. The summed E-state index contributed by atoms with van der Waals surface area (Å²) in [5.74, 6) is -8.77. The second-order valence-corrected chi connectivity index (χ2v) is 3.85. The van der Waals surface area contributed by atoms with Gasteiger partial charge in [-0.3, -0.25) is 4.79 Å². The Morgan fingerprint density at radius 3 is 2.44 bits per heavy atom. The lowest BCUT2D eigenvalue weighted by molar-refractivity contribution is 0.0936. The van der Waals surface area contributed by atoms with Gasteiger partial charge in [0.1, 0.15) is 0 Å². The third-order valence-corrected chi connectivity index (χ3v) is 2.27. The number of hydrogen-bond donors (Lipinski definition) is 2. The molecule has 3 nitrogen and oxygen atoms in total. The smallest absolute Gasteiger partial charge is 0.254 e. The summed E-state index contributed by atoms with van der Waals surface area (Å²) in [6, 6.07) is 0.284. The molecule has 1 atom stereocenters. The standard InChI is InChI=1S/C11H11F4NO2/c1-5(4-17)3-16-11(18)6-2-7(12)9(14)10(15)8(6)13/h2,5,17H,3-4H2,1H3,(H,16,18). The minimum Gasteiger partial charge on any atom is -0.396 e. The molecular formula is C11H11F4NO2. The lowest BCUT2D eigenvalue weighted by Gasteiger charge is -2.10. The fourth-order valence-corrected chi connectivity index (χ4v) is 1.16. The van der Waals surface area contributed by atoms with Gasteiger partial charge in [-0.2, -0.15) is 0 Å². The Bertz CT molecular complexity index is 465. The molecule has 0 aliphatic heterocycles. The number of aliphatic hydroxyl groups is 1. The normalized spacial score (nSPS) is 12.3. The van der Waals surface area contributed by atoms with E-state index in [0.29, 0.717) is 0 Å². The van der Waals surface area contributed by atoms with Gasteiger partial charge in [0.2, 0.25) is 0 Å². The van der Waals surface area contributed by atoms with Gasteiger partial charge in [0.05, 0.1) is 5.56 Å². The first kappa shape index (κ1) is 14.4. The second-order valence-electron chi connectivity index (χ2n) is 3.85. The van der Waals surface area contributed by atoms with E-state index in [9.17, 15) is 22.4 Å². The number of nitrogens with one attached hydrogen (secondary N) is 1. The molecule has 0 aromatic heterocycles. The SMILES string of the molecule is CC(CO)CNC(=O)c1cc(F)c(F)c(F)c1F. The molecule has 1 amide bonds. The lowest BCUT2D eigenvalue weighted by atomic mass is 10.1. The molecular weight excluding hydrogens is 254 g/mol. The first-order valence-corrected chi connectivity index (χ1v) is 5.10. The maximum absolute atomic E-state index is 13.2. The molecule has 0 aliphatic rings. The summed E-state index contributed by atoms with van der Waals surface area (Å²) in [4.78, 5) is 11.4. The van der Waals surface area contributed by atoms with E-state index in [0.717, 1.165) is 0 Å². The van der Waals surface area contributed by atoms with E-state index < -0.39 is 34.7 Å². The van der Waals surface area contributed by atoms with Crippen molar-refractivity contribution in [2.24, 2.45) is 5.92 Å². The maximum atomic E-state index is 13.2. The maximum Gasteiger partial charge on any atom is 0.254 e. The Morgan fingerprint density at radius 1 is 1.28 bits per heavy atom. The highest BCUT2D eigenvalue weighted by Gasteiger charge is 2.22. The van der Waals surface area contributed by atoms with Crippen LogP contribution in [0.5, 0.6) is 0 Å². The fourth-order valence-electron chi connectivity index (χ4n) is 1.16. The molecule has 0 heterocycles. The number of carbonyl (C=O) groups is 1. The second kappa shape index (κ2) is 5.81. The summed E-state index contributed by atoms with van der Waals surface area (Å²) in [5, 5.41) is 10.9. The minimum atomic E-state index is -2.03. The van der Waals surface area contributed by atoms with Crippen LogP contribution in [0.3, 0.4) is 0 Å². The largest absolute Gasteiger partial charge is 0.396 e. The Balaban J connectivity index is 2.93. The van der Waals surface area contributed by atoms with Crippen molar-refractivity contribution < 1.29 is 27.5 Å². The summed E-state index contributed by atoms with van der Waals surface area (Å²) < 4.78 is 51.6. The quantitative estimate of drug-likeness (QED) is 0.493. The summed E-state index contributed by atoms with van der Waals surface area (Å²) in [5.41, 5.74) is -0.920. The van der Waals surface area contributed by atoms with Gasteiger partial charge in [0, 0.05) is 13.2 Å². The molecule has 1 aromatic carbocycles. The van der Waals surface area contributed by atoms with E-state index in [-0.39, 0.29) is 25.1 Å². The van der Waals surface area contributed by atoms with Crippen molar-refractivity contribution in [1.29, 1.82) is 0 Å². The topological polar surface area (TPSA) is 49.3 Å². The van der Waals surface area contributed by atoms with Gasteiger partial charge < -0.3 is 10.4 Å². The number of hydrogen-bond acceptors (Lipinski definition) is 2. The molecule has 0 saturated heterocycles. The van der Waals surface area contributed by atoms with E-state index in [2.05, 4.69) is 5.32 Å². The van der Waals surface area contributed by atoms with Gasteiger partial charge in [-0.1, -0.05) is 6.92 Å². The highest BCUT2D eigenvalue weighted by Crippen LogP contribution is 2.18. The third kappa shape index (κ3) is 2.98. The van der Waals surface area contributed by atoms with Crippen LogP contribution in [0.1, 0.15) is 17.3 Å². The van der Waals surface area contributed by atoms with Crippen LogP contribution in [0.25, 0.3) is 0 Å². The Labute approximate surface area is 100 Å². The van der Waals surface area contributed by atoms with Gasteiger partial charge in [0.15, 0.2) is 23.3 Å². The zero-order valence-corrected chi connectivity index (χ0v) is 9.44. The monoisotopic (exact) mass is 265 g/mol. The first-order chi connectivity index (χ1) is 8.38. The highest BCUT2D eigenvalue weighted by atomic mass is 19.2. The number of amides is 1. The molecule has 0 aliphatic carbocycles. The molecule has 1 rings (SSSR count). The number of aliphatic hydroxyl groups excluding tert-OH is 1. The predicted molar refractivity (Wildman–Crippen MR) is 54.9 cm³/mol. The van der Waals surface area contributed by atoms with Crippen LogP contribution in [-0.2, 0) is 0 Å². The van der Waals surface area contributed by atoms with Gasteiger partial charge >= 0.3 is 0 Å². The van der Waals surface area contributed by atoms with Gasteiger partial charge in [-0.05, 0) is 12.0 Å². The fraction of sp³-hybridized carbons (Fsp3) is 0.364. The molecule has 2 N–H and O–H groups in total. The van der Waals surface area contributed by atoms with Crippen LogP contribution >= 0.6 is 0 Å². The average molecular weight is 265 g/mol. The van der Waals surface area contributed by atoms with E-state index in [1.807, 2.05) is 0 Å². The van der Waals surface area contributed by atoms with Crippen molar-refractivity contribution in [2.45, 2.75) is 6.92 Å². The molecule has 0 spiro atoms. The van der Waals surface area contributed by atoms with Gasteiger partial charge in [-0.25, -0.2) is 17.6 Å². The van der Waals surface area contributed by atoms with E-state index in [1.165, 1.54) is 0 Å². The van der Waals surface area contributed by atoms with Crippen LogP contribution in [0.2, 0.25) is 0 Å². The molecule has 1 aromatic rings. The van der Waals surface area contributed by atoms with Gasteiger partial charge in [-0.15, -0.1) is 0 Å². The van der Waals surface area contributed by atoms with E-state index in [1.54, 1.807) is 6.92 Å². The summed E-state index contributed by atoms with van der Waals surface area (Å²) in [7, 11) is 0. The average Bonchev–Trinajstić information content (AvgIpc) is 2.37. The molecule has 7 heteroatoms. The molecule has 0 radical (unpaired) electrons. The van der Waals surface area contributed by atoms with Crippen molar-refractivity contribution in [3.05, 3.63) is 34.9 Å². The zero-order chi connectivity index (χ0) is 13.9. The molecule has 18 heavy (non-hydrogen) atoms. The summed E-state index contributed by atoms with van der Waals surface area (Å²) >= 11 is 0. The van der Waals surface area contributed by atoms with Crippen LogP contribution in [0.15, 0.2) is 6.07 Å². The molecule has 0 fully saturated rings.